The van der Waals surface area contributed by atoms with E-state index in [0.717, 1.165) is 6.54 Å². The zero-order valence-electron chi connectivity index (χ0n) is 10.6. The summed E-state index contributed by atoms with van der Waals surface area (Å²) in [5.41, 5.74) is 0. The minimum Gasteiger partial charge on any atom is -0.476 e. The fourth-order valence-corrected chi connectivity index (χ4v) is 2.49. The molecule has 0 amide bonds. The quantitative estimate of drug-likeness (QED) is 0.798. The van der Waals surface area contributed by atoms with E-state index in [1.807, 2.05) is 0 Å². The zero-order chi connectivity index (χ0) is 13.1. The third-order valence-electron chi connectivity index (χ3n) is 3.29. The van der Waals surface area contributed by atoms with Gasteiger partial charge in [0.1, 0.15) is 18.1 Å². The smallest absolute Gasteiger partial charge is 0.256 e. The van der Waals surface area contributed by atoms with Crippen molar-refractivity contribution in [3.8, 4) is 5.88 Å². The minimum atomic E-state index is 0.369. The van der Waals surface area contributed by atoms with Crippen LogP contribution in [0.3, 0.4) is 0 Å². The normalized spacial score (nSPS) is 16.9. The van der Waals surface area contributed by atoms with E-state index in [1.165, 1.54) is 38.7 Å². The summed E-state index contributed by atoms with van der Waals surface area (Å²) >= 11 is 5.93. The Bertz CT molecular complexity index is 552. The molecule has 102 valence electrons. The van der Waals surface area contributed by atoms with E-state index >= 15 is 0 Å². The number of halogens is 1. The van der Waals surface area contributed by atoms with Crippen molar-refractivity contribution in [3.63, 3.8) is 0 Å². The number of piperidine rings is 1. The summed E-state index contributed by atoms with van der Waals surface area (Å²) in [4.78, 5) is 10.5. The number of hydrogen-bond acceptors (Lipinski definition) is 5. The number of hydrogen-bond donors (Lipinski definition) is 0. The molecule has 1 saturated heterocycles. The second-order valence-corrected chi connectivity index (χ2v) is 5.03. The minimum absolute atomic E-state index is 0.369. The van der Waals surface area contributed by atoms with Gasteiger partial charge in [-0.05, 0) is 25.9 Å². The van der Waals surface area contributed by atoms with Crippen LogP contribution >= 0.6 is 11.6 Å². The molecule has 0 unspecified atom stereocenters. The van der Waals surface area contributed by atoms with E-state index in [0.29, 0.717) is 23.4 Å². The monoisotopic (exact) mass is 281 g/mol. The summed E-state index contributed by atoms with van der Waals surface area (Å²) < 4.78 is 7.31. The van der Waals surface area contributed by atoms with Gasteiger partial charge < -0.3 is 4.74 Å². The second-order valence-electron chi connectivity index (χ2n) is 4.64. The van der Waals surface area contributed by atoms with Gasteiger partial charge in [-0.25, -0.2) is 0 Å². The van der Waals surface area contributed by atoms with Gasteiger partial charge in [0.25, 0.3) is 5.78 Å². The number of fused-ring (bicyclic) bond motifs is 1. The predicted molar refractivity (Wildman–Crippen MR) is 71.6 cm³/mol. The Morgan fingerprint density at radius 3 is 2.95 bits per heavy atom. The van der Waals surface area contributed by atoms with E-state index in [4.69, 9.17) is 16.3 Å². The van der Waals surface area contributed by atoms with Crippen LogP contribution in [0, 0.1) is 0 Å². The number of likely N-dealkylation sites (tertiary alicyclic amines) is 1. The van der Waals surface area contributed by atoms with Crippen molar-refractivity contribution < 1.29 is 4.74 Å². The first-order valence-corrected chi connectivity index (χ1v) is 6.92. The van der Waals surface area contributed by atoms with Gasteiger partial charge >= 0.3 is 0 Å². The van der Waals surface area contributed by atoms with Gasteiger partial charge in [-0.15, -0.1) is 0 Å². The predicted octanol–water partition coefficient (Wildman–Crippen LogP) is 1.64. The average molecular weight is 282 g/mol. The molecule has 3 rings (SSSR count). The van der Waals surface area contributed by atoms with E-state index < -0.39 is 0 Å². The molecule has 0 radical (unpaired) electrons. The Kier molecular flexibility index (Phi) is 3.79. The zero-order valence-corrected chi connectivity index (χ0v) is 11.4. The lowest BCUT2D eigenvalue weighted by Crippen LogP contribution is -2.33. The van der Waals surface area contributed by atoms with Crippen molar-refractivity contribution in [2.45, 2.75) is 19.3 Å². The maximum Gasteiger partial charge on any atom is 0.256 e. The van der Waals surface area contributed by atoms with Gasteiger partial charge in [0.05, 0.1) is 0 Å². The lowest BCUT2D eigenvalue weighted by atomic mass is 10.1. The highest BCUT2D eigenvalue weighted by Crippen LogP contribution is 2.16. The molecule has 2 aromatic heterocycles. The molecule has 19 heavy (non-hydrogen) atoms. The maximum absolute atomic E-state index is 5.93. The van der Waals surface area contributed by atoms with Crippen molar-refractivity contribution >= 4 is 17.4 Å². The van der Waals surface area contributed by atoms with Crippen LogP contribution in [0.5, 0.6) is 5.88 Å². The Hall–Kier alpha value is -1.40. The van der Waals surface area contributed by atoms with E-state index in [2.05, 4.69) is 20.0 Å². The van der Waals surface area contributed by atoms with Crippen molar-refractivity contribution in [2.24, 2.45) is 0 Å². The SMILES string of the molecule is Clc1cc(OCCN2CCCCC2)n2ncnc2n1. The molecule has 1 fully saturated rings. The summed E-state index contributed by atoms with van der Waals surface area (Å²) in [6.07, 6.45) is 5.36. The molecule has 0 aromatic carbocycles. The fourth-order valence-electron chi connectivity index (χ4n) is 2.32. The van der Waals surface area contributed by atoms with Crippen molar-refractivity contribution in [3.05, 3.63) is 17.5 Å². The molecule has 1 aliphatic rings. The number of ether oxygens (including phenoxy) is 1. The van der Waals surface area contributed by atoms with Crippen molar-refractivity contribution in [1.82, 2.24) is 24.5 Å². The van der Waals surface area contributed by atoms with Gasteiger partial charge in [-0.2, -0.15) is 19.6 Å². The molecule has 0 N–H and O–H groups in total. The fraction of sp³-hybridized carbons (Fsp3) is 0.583. The molecule has 6 nitrogen and oxygen atoms in total. The number of aromatic nitrogens is 4. The molecule has 3 heterocycles. The largest absolute Gasteiger partial charge is 0.476 e. The maximum atomic E-state index is 5.93. The third kappa shape index (κ3) is 2.96. The second kappa shape index (κ2) is 5.71. The highest BCUT2D eigenvalue weighted by molar-refractivity contribution is 6.29. The Labute approximate surface area is 116 Å². The van der Waals surface area contributed by atoms with Crippen molar-refractivity contribution in [2.75, 3.05) is 26.2 Å². The summed E-state index contributed by atoms with van der Waals surface area (Å²) in [7, 11) is 0. The van der Waals surface area contributed by atoms with Crippen LogP contribution < -0.4 is 4.74 Å². The first-order chi connectivity index (χ1) is 9.33. The first kappa shape index (κ1) is 12.6. The van der Waals surface area contributed by atoms with Crippen LogP contribution in [0.4, 0.5) is 0 Å². The Balaban J connectivity index is 1.63. The number of rotatable bonds is 4. The van der Waals surface area contributed by atoms with E-state index in [-0.39, 0.29) is 0 Å². The Morgan fingerprint density at radius 1 is 1.26 bits per heavy atom. The topological polar surface area (TPSA) is 55.6 Å². The van der Waals surface area contributed by atoms with E-state index in [1.54, 1.807) is 10.6 Å². The van der Waals surface area contributed by atoms with Crippen LogP contribution in [0.25, 0.3) is 5.78 Å². The molecule has 0 aliphatic carbocycles. The molecule has 1 aliphatic heterocycles. The van der Waals surface area contributed by atoms with Crippen LogP contribution in [-0.2, 0) is 0 Å². The van der Waals surface area contributed by atoms with Crippen LogP contribution in [0.1, 0.15) is 19.3 Å². The lowest BCUT2D eigenvalue weighted by molar-refractivity contribution is 0.178. The van der Waals surface area contributed by atoms with Crippen molar-refractivity contribution in [1.29, 1.82) is 0 Å². The molecular formula is C12H16ClN5O. The first-order valence-electron chi connectivity index (χ1n) is 6.54. The highest BCUT2D eigenvalue weighted by Gasteiger charge is 2.11. The van der Waals surface area contributed by atoms with Gasteiger partial charge in [-0.3, -0.25) is 4.90 Å². The summed E-state index contributed by atoms with van der Waals surface area (Å²) in [5.74, 6) is 1.05. The summed E-state index contributed by atoms with van der Waals surface area (Å²) in [6, 6.07) is 1.67. The standard InChI is InChI=1S/C12H16ClN5O/c13-10-8-11(18-12(16-10)14-9-15-18)19-7-6-17-4-2-1-3-5-17/h8-9H,1-7H2. The van der Waals surface area contributed by atoms with E-state index in [9.17, 15) is 0 Å². The molecule has 0 bridgehead atoms. The molecule has 2 aromatic rings. The van der Waals surface area contributed by atoms with Gasteiger partial charge in [0, 0.05) is 12.6 Å². The van der Waals surface area contributed by atoms with Gasteiger partial charge in [-0.1, -0.05) is 18.0 Å². The number of nitrogens with zero attached hydrogens (tertiary/aromatic N) is 5. The summed E-state index contributed by atoms with van der Waals surface area (Å²) in [5, 5.41) is 4.44. The molecular weight excluding hydrogens is 266 g/mol. The lowest BCUT2D eigenvalue weighted by Gasteiger charge is -2.26. The summed E-state index contributed by atoms with van der Waals surface area (Å²) in [6.45, 7) is 3.88. The Morgan fingerprint density at radius 2 is 2.11 bits per heavy atom. The van der Waals surface area contributed by atoms with Crippen LogP contribution in [-0.4, -0.2) is 50.7 Å². The van der Waals surface area contributed by atoms with Gasteiger partial charge in [0.15, 0.2) is 0 Å². The molecule has 0 saturated carbocycles. The van der Waals surface area contributed by atoms with Crippen LogP contribution in [0.15, 0.2) is 12.4 Å². The van der Waals surface area contributed by atoms with Gasteiger partial charge in [0.2, 0.25) is 5.88 Å². The van der Waals surface area contributed by atoms with Crippen LogP contribution in [0.2, 0.25) is 5.15 Å². The highest BCUT2D eigenvalue weighted by atomic mass is 35.5. The molecule has 0 spiro atoms. The molecule has 7 heteroatoms. The molecule has 0 atom stereocenters. The average Bonchev–Trinajstić information content (AvgIpc) is 2.88. The third-order valence-corrected chi connectivity index (χ3v) is 3.49.